The predicted molar refractivity (Wildman–Crippen MR) is 91.3 cm³/mol. The van der Waals surface area contributed by atoms with E-state index in [0.717, 1.165) is 19.0 Å². The molecule has 0 spiro atoms. The molecule has 0 bridgehead atoms. The molecule has 0 radical (unpaired) electrons. The Balaban J connectivity index is 1.91. The van der Waals surface area contributed by atoms with Gasteiger partial charge >= 0.3 is 0 Å². The highest BCUT2D eigenvalue weighted by Gasteiger charge is 2.14. The summed E-state index contributed by atoms with van der Waals surface area (Å²) in [6.07, 6.45) is 4.10. The molecule has 1 atom stereocenters. The van der Waals surface area contributed by atoms with Gasteiger partial charge in [0.1, 0.15) is 0 Å². The Kier molecular flexibility index (Phi) is 5.83. The molecule has 0 aliphatic carbocycles. The van der Waals surface area contributed by atoms with Crippen molar-refractivity contribution in [1.29, 1.82) is 0 Å². The molecule has 1 heterocycles. The lowest BCUT2D eigenvalue weighted by atomic mass is 10.0. The molecule has 2 nitrogen and oxygen atoms in total. The Morgan fingerprint density at radius 1 is 1.14 bits per heavy atom. The highest BCUT2D eigenvalue weighted by Crippen LogP contribution is 2.18. The molecular formula is C19H32N2. The molecule has 1 aromatic rings. The lowest BCUT2D eigenvalue weighted by Crippen LogP contribution is -2.35. The van der Waals surface area contributed by atoms with Gasteiger partial charge in [0.25, 0.3) is 0 Å². The van der Waals surface area contributed by atoms with E-state index in [2.05, 4.69) is 62.2 Å². The van der Waals surface area contributed by atoms with Crippen LogP contribution in [0.5, 0.6) is 0 Å². The minimum Gasteiger partial charge on any atom is -0.308 e. The number of benzene rings is 1. The molecule has 0 saturated carbocycles. The lowest BCUT2D eigenvalue weighted by Gasteiger charge is -2.22. The molecule has 1 aliphatic rings. The Labute approximate surface area is 130 Å². The zero-order valence-corrected chi connectivity index (χ0v) is 14.3. The molecule has 0 amide bonds. The SMILES string of the molecule is CC1CCCN(Cc2cccc(CNC(C)(C)C)c2)CC1. The van der Waals surface area contributed by atoms with E-state index in [0.29, 0.717) is 0 Å². The van der Waals surface area contributed by atoms with Crippen LogP contribution in [0, 0.1) is 5.92 Å². The van der Waals surface area contributed by atoms with Crippen LogP contribution in [-0.4, -0.2) is 23.5 Å². The van der Waals surface area contributed by atoms with Crippen LogP contribution in [0.4, 0.5) is 0 Å². The van der Waals surface area contributed by atoms with Crippen molar-refractivity contribution in [2.45, 2.75) is 65.6 Å². The van der Waals surface area contributed by atoms with Crippen LogP contribution in [0.2, 0.25) is 0 Å². The summed E-state index contributed by atoms with van der Waals surface area (Å²) in [5.41, 5.74) is 3.03. The van der Waals surface area contributed by atoms with Crippen LogP contribution < -0.4 is 5.32 Å². The van der Waals surface area contributed by atoms with Crippen molar-refractivity contribution < 1.29 is 0 Å². The molecule has 2 heteroatoms. The lowest BCUT2D eigenvalue weighted by molar-refractivity contribution is 0.273. The number of nitrogens with zero attached hydrogens (tertiary/aromatic N) is 1. The predicted octanol–water partition coefficient (Wildman–Crippen LogP) is 4.20. The van der Waals surface area contributed by atoms with Crippen molar-refractivity contribution in [2.24, 2.45) is 5.92 Å². The van der Waals surface area contributed by atoms with Crippen LogP contribution >= 0.6 is 0 Å². The first-order valence-electron chi connectivity index (χ1n) is 8.47. The van der Waals surface area contributed by atoms with Gasteiger partial charge in [-0.3, -0.25) is 4.90 Å². The minimum atomic E-state index is 0.178. The highest BCUT2D eigenvalue weighted by atomic mass is 15.1. The Bertz CT molecular complexity index is 433. The quantitative estimate of drug-likeness (QED) is 0.893. The Morgan fingerprint density at radius 3 is 2.67 bits per heavy atom. The largest absolute Gasteiger partial charge is 0.308 e. The van der Waals surface area contributed by atoms with Crippen LogP contribution in [0.3, 0.4) is 0 Å². The van der Waals surface area contributed by atoms with Crippen molar-refractivity contribution in [3.8, 4) is 0 Å². The second-order valence-electron chi connectivity index (χ2n) is 7.74. The fraction of sp³-hybridized carbons (Fsp3) is 0.684. The van der Waals surface area contributed by atoms with Gasteiger partial charge in [-0.2, -0.15) is 0 Å². The van der Waals surface area contributed by atoms with Crippen LogP contribution in [0.25, 0.3) is 0 Å². The maximum atomic E-state index is 3.57. The van der Waals surface area contributed by atoms with E-state index < -0.39 is 0 Å². The maximum Gasteiger partial charge on any atom is 0.0233 e. The van der Waals surface area contributed by atoms with Crippen molar-refractivity contribution >= 4 is 0 Å². The van der Waals surface area contributed by atoms with E-state index in [-0.39, 0.29) is 5.54 Å². The van der Waals surface area contributed by atoms with Gasteiger partial charge in [-0.25, -0.2) is 0 Å². The first-order valence-corrected chi connectivity index (χ1v) is 8.47. The first kappa shape index (κ1) is 16.5. The Hall–Kier alpha value is -0.860. The van der Waals surface area contributed by atoms with Gasteiger partial charge in [-0.1, -0.05) is 31.2 Å². The summed E-state index contributed by atoms with van der Waals surface area (Å²) in [6.45, 7) is 13.6. The monoisotopic (exact) mass is 288 g/mol. The summed E-state index contributed by atoms with van der Waals surface area (Å²) in [6, 6.07) is 9.07. The fourth-order valence-electron chi connectivity index (χ4n) is 2.94. The molecule has 21 heavy (non-hydrogen) atoms. The molecular weight excluding hydrogens is 256 g/mol. The highest BCUT2D eigenvalue weighted by molar-refractivity contribution is 5.23. The topological polar surface area (TPSA) is 15.3 Å². The molecule has 1 N–H and O–H groups in total. The second-order valence-corrected chi connectivity index (χ2v) is 7.74. The van der Waals surface area contributed by atoms with Crippen LogP contribution in [0.15, 0.2) is 24.3 Å². The fourth-order valence-corrected chi connectivity index (χ4v) is 2.94. The zero-order valence-electron chi connectivity index (χ0n) is 14.3. The summed E-state index contributed by atoms with van der Waals surface area (Å²) in [5.74, 6) is 0.900. The smallest absolute Gasteiger partial charge is 0.0233 e. The van der Waals surface area contributed by atoms with Gasteiger partial charge in [0, 0.05) is 18.6 Å². The number of rotatable bonds is 4. The van der Waals surface area contributed by atoms with Gasteiger partial charge in [0.05, 0.1) is 0 Å². The molecule has 118 valence electrons. The van der Waals surface area contributed by atoms with Crippen molar-refractivity contribution in [1.82, 2.24) is 10.2 Å². The molecule has 1 saturated heterocycles. The molecule has 1 unspecified atom stereocenters. The van der Waals surface area contributed by atoms with Crippen molar-refractivity contribution in [3.63, 3.8) is 0 Å². The summed E-state index contributed by atoms with van der Waals surface area (Å²) >= 11 is 0. The van der Waals surface area contributed by atoms with Gasteiger partial charge in [0.2, 0.25) is 0 Å². The normalized spacial score (nSPS) is 21.2. The molecule has 1 fully saturated rings. The van der Waals surface area contributed by atoms with E-state index in [9.17, 15) is 0 Å². The van der Waals surface area contributed by atoms with Crippen LogP contribution in [-0.2, 0) is 13.1 Å². The third-order valence-electron chi connectivity index (χ3n) is 4.33. The summed E-state index contributed by atoms with van der Waals surface area (Å²) in [5, 5.41) is 3.57. The molecule has 1 aromatic carbocycles. The van der Waals surface area contributed by atoms with E-state index in [1.165, 1.54) is 43.5 Å². The maximum absolute atomic E-state index is 3.57. The van der Waals surface area contributed by atoms with E-state index in [1.54, 1.807) is 0 Å². The number of likely N-dealkylation sites (tertiary alicyclic amines) is 1. The molecule has 2 rings (SSSR count). The van der Waals surface area contributed by atoms with Crippen molar-refractivity contribution in [3.05, 3.63) is 35.4 Å². The Morgan fingerprint density at radius 2 is 1.90 bits per heavy atom. The van der Waals surface area contributed by atoms with Gasteiger partial charge < -0.3 is 5.32 Å². The summed E-state index contributed by atoms with van der Waals surface area (Å²) < 4.78 is 0. The standard InChI is InChI=1S/C19H32N2/c1-16-7-6-11-21(12-10-16)15-18-9-5-8-17(13-18)14-20-19(2,3)4/h5,8-9,13,16,20H,6-7,10-12,14-15H2,1-4H3. The van der Waals surface area contributed by atoms with Gasteiger partial charge in [-0.05, 0) is 70.2 Å². The molecule has 1 aliphatic heterocycles. The van der Waals surface area contributed by atoms with Gasteiger partial charge in [0.15, 0.2) is 0 Å². The average molecular weight is 288 g/mol. The van der Waals surface area contributed by atoms with Gasteiger partial charge in [-0.15, -0.1) is 0 Å². The first-order chi connectivity index (χ1) is 9.92. The second kappa shape index (κ2) is 7.42. The molecule has 0 aromatic heterocycles. The van der Waals surface area contributed by atoms with E-state index in [4.69, 9.17) is 0 Å². The van der Waals surface area contributed by atoms with E-state index in [1.807, 2.05) is 0 Å². The third kappa shape index (κ3) is 6.19. The number of hydrogen-bond acceptors (Lipinski definition) is 2. The summed E-state index contributed by atoms with van der Waals surface area (Å²) in [4.78, 5) is 2.62. The van der Waals surface area contributed by atoms with Crippen LogP contribution in [0.1, 0.15) is 58.1 Å². The number of nitrogens with one attached hydrogen (secondary N) is 1. The van der Waals surface area contributed by atoms with Crippen molar-refractivity contribution in [2.75, 3.05) is 13.1 Å². The minimum absolute atomic E-state index is 0.178. The summed E-state index contributed by atoms with van der Waals surface area (Å²) in [7, 11) is 0. The average Bonchev–Trinajstić information content (AvgIpc) is 2.61. The zero-order chi connectivity index (χ0) is 15.3. The van der Waals surface area contributed by atoms with E-state index >= 15 is 0 Å². The third-order valence-corrected chi connectivity index (χ3v) is 4.33. The number of hydrogen-bond donors (Lipinski definition) is 1.